The summed E-state index contributed by atoms with van der Waals surface area (Å²) in [7, 11) is 0. The van der Waals surface area contributed by atoms with Crippen LogP contribution < -0.4 is 0 Å². The first-order valence-corrected chi connectivity index (χ1v) is 6.37. The molecule has 0 bridgehead atoms. The van der Waals surface area contributed by atoms with Crippen LogP contribution in [0.5, 0.6) is 0 Å². The molecule has 0 fully saturated rings. The molecule has 6 heteroatoms. The van der Waals surface area contributed by atoms with Crippen molar-refractivity contribution in [1.82, 2.24) is 4.98 Å². The van der Waals surface area contributed by atoms with E-state index < -0.39 is 0 Å². The topological polar surface area (TPSA) is 55.5 Å². The minimum absolute atomic E-state index is 0.383. The zero-order chi connectivity index (χ0) is 14.1. The van der Waals surface area contributed by atoms with Gasteiger partial charge in [-0.3, -0.25) is 0 Å². The Kier molecular flexibility index (Phi) is 3.28. The quantitative estimate of drug-likeness (QED) is 0.506. The van der Waals surface area contributed by atoms with Crippen molar-refractivity contribution in [3.8, 4) is 11.5 Å². The Labute approximate surface area is 123 Å². The maximum atomic E-state index is 10.2. The lowest BCUT2D eigenvalue weighted by molar-refractivity contribution is 0.565. The summed E-state index contributed by atoms with van der Waals surface area (Å²) in [5, 5.41) is 0.993. The lowest BCUT2D eigenvalue weighted by Crippen LogP contribution is -1.79. The first kappa shape index (κ1) is 12.9. The summed E-state index contributed by atoms with van der Waals surface area (Å²) in [5.41, 5.74) is 2.28. The van der Waals surface area contributed by atoms with Crippen LogP contribution in [0.3, 0.4) is 0 Å². The van der Waals surface area contributed by atoms with Gasteiger partial charge in [0.2, 0.25) is 12.0 Å². The molecular weight excluding hydrogens is 299 g/mol. The fourth-order valence-corrected chi connectivity index (χ4v) is 2.31. The summed E-state index contributed by atoms with van der Waals surface area (Å²) in [6.07, 6.45) is 1.48. The van der Waals surface area contributed by atoms with Crippen molar-refractivity contribution in [2.24, 2.45) is 4.99 Å². The molecule has 0 N–H and O–H groups in total. The monoisotopic (exact) mass is 304 g/mol. The SMILES string of the molecule is O=C=Nc1ccc2oc(-c3ccc(Cl)cc3Cl)nc2c1. The molecule has 0 aliphatic rings. The molecule has 98 valence electrons. The van der Waals surface area contributed by atoms with Crippen LogP contribution in [-0.2, 0) is 4.79 Å². The van der Waals surface area contributed by atoms with Crippen molar-refractivity contribution >= 4 is 46.1 Å². The zero-order valence-electron chi connectivity index (χ0n) is 9.93. The third-order valence-corrected chi connectivity index (χ3v) is 3.26. The fraction of sp³-hybridized carbons (Fsp3) is 0. The van der Waals surface area contributed by atoms with E-state index in [2.05, 4.69) is 9.98 Å². The highest BCUT2D eigenvalue weighted by atomic mass is 35.5. The number of nitrogens with zero attached hydrogens (tertiary/aromatic N) is 2. The van der Waals surface area contributed by atoms with Gasteiger partial charge >= 0.3 is 0 Å². The second-order valence-corrected chi connectivity index (χ2v) is 4.84. The number of carbonyl (C=O) groups excluding carboxylic acids is 1. The van der Waals surface area contributed by atoms with Crippen LogP contribution >= 0.6 is 23.2 Å². The van der Waals surface area contributed by atoms with Crippen molar-refractivity contribution in [2.75, 3.05) is 0 Å². The zero-order valence-corrected chi connectivity index (χ0v) is 11.4. The van der Waals surface area contributed by atoms with Gasteiger partial charge in [-0.15, -0.1) is 0 Å². The van der Waals surface area contributed by atoms with Crippen LogP contribution in [-0.4, -0.2) is 11.1 Å². The number of hydrogen-bond donors (Lipinski definition) is 0. The number of halogens is 2. The highest BCUT2D eigenvalue weighted by molar-refractivity contribution is 6.36. The lowest BCUT2D eigenvalue weighted by Gasteiger charge is -1.98. The maximum Gasteiger partial charge on any atom is 0.240 e. The van der Waals surface area contributed by atoms with Crippen molar-refractivity contribution in [3.63, 3.8) is 0 Å². The summed E-state index contributed by atoms with van der Waals surface area (Å²) in [4.78, 5) is 18.1. The number of oxazole rings is 1. The van der Waals surface area contributed by atoms with E-state index in [-0.39, 0.29) is 0 Å². The van der Waals surface area contributed by atoms with E-state index in [9.17, 15) is 4.79 Å². The van der Waals surface area contributed by atoms with Gasteiger partial charge in [-0.25, -0.2) is 9.78 Å². The number of aromatic nitrogens is 1. The Balaban J connectivity index is 2.15. The molecule has 0 spiro atoms. The fourth-order valence-electron chi connectivity index (χ4n) is 1.82. The highest BCUT2D eigenvalue weighted by Crippen LogP contribution is 2.32. The van der Waals surface area contributed by atoms with Gasteiger partial charge < -0.3 is 4.42 Å². The molecule has 4 nitrogen and oxygen atoms in total. The Morgan fingerprint density at radius 2 is 2.00 bits per heavy atom. The molecule has 3 rings (SSSR count). The maximum absolute atomic E-state index is 10.2. The van der Waals surface area contributed by atoms with Crippen LogP contribution in [0.15, 0.2) is 45.8 Å². The van der Waals surface area contributed by atoms with E-state index in [1.54, 1.807) is 36.4 Å². The molecular formula is C14H6Cl2N2O2. The van der Waals surface area contributed by atoms with Crippen molar-refractivity contribution < 1.29 is 9.21 Å². The van der Waals surface area contributed by atoms with Gasteiger partial charge in [0, 0.05) is 5.02 Å². The largest absolute Gasteiger partial charge is 0.436 e. The average Bonchev–Trinajstić information content (AvgIpc) is 2.81. The van der Waals surface area contributed by atoms with Gasteiger partial charge in [-0.2, -0.15) is 4.99 Å². The predicted molar refractivity (Wildman–Crippen MR) is 77.2 cm³/mol. The van der Waals surface area contributed by atoms with Crippen molar-refractivity contribution in [2.45, 2.75) is 0 Å². The Bertz CT molecular complexity index is 852. The number of hydrogen-bond acceptors (Lipinski definition) is 4. The van der Waals surface area contributed by atoms with Gasteiger partial charge in [0.05, 0.1) is 16.3 Å². The van der Waals surface area contributed by atoms with Gasteiger partial charge in [-0.1, -0.05) is 23.2 Å². The van der Waals surface area contributed by atoms with Crippen LogP contribution in [0.2, 0.25) is 10.0 Å². The molecule has 0 unspecified atom stereocenters. The van der Waals surface area contributed by atoms with Gasteiger partial charge in [0.1, 0.15) is 5.52 Å². The number of benzene rings is 2. The summed E-state index contributed by atoms with van der Waals surface area (Å²) >= 11 is 12.0. The second kappa shape index (κ2) is 5.10. The van der Waals surface area contributed by atoms with E-state index in [1.807, 2.05) is 0 Å². The molecule has 1 heterocycles. The van der Waals surface area contributed by atoms with E-state index >= 15 is 0 Å². The van der Waals surface area contributed by atoms with Crippen molar-refractivity contribution in [1.29, 1.82) is 0 Å². The first-order chi connectivity index (χ1) is 9.67. The van der Waals surface area contributed by atoms with Gasteiger partial charge in [0.25, 0.3) is 0 Å². The van der Waals surface area contributed by atoms with E-state index in [0.717, 1.165) is 0 Å². The molecule has 20 heavy (non-hydrogen) atoms. The Hall–Kier alpha value is -2.13. The average molecular weight is 305 g/mol. The highest BCUT2D eigenvalue weighted by Gasteiger charge is 2.12. The minimum atomic E-state index is 0.383. The molecule has 3 aromatic rings. The third kappa shape index (κ3) is 2.32. The summed E-state index contributed by atoms with van der Waals surface area (Å²) in [5.74, 6) is 0.383. The predicted octanol–water partition coefficient (Wildman–Crippen LogP) is 4.77. The normalized spacial score (nSPS) is 10.5. The molecule has 2 aromatic carbocycles. The summed E-state index contributed by atoms with van der Waals surface area (Å²) < 4.78 is 5.63. The van der Waals surface area contributed by atoms with Gasteiger partial charge in [-0.05, 0) is 36.4 Å². The third-order valence-electron chi connectivity index (χ3n) is 2.71. The molecule has 1 aromatic heterocycles. The second-order valence-electron chi connectivity index (χ2n) is 4.00. The molecule has 0 saturated carbocycles. The van der Waals surface area contributed by atoms with E-state index in [4.69, 9.17) is 27.6 Å². The Morgan fingerprint density at radius 3 is 2.75 bits per heavy atom. The number of aliphatic imine (C=N–C) groups is 1. The van der Waals surface area contributed by atoms with E-state index in [1.165, 1.54) is 6.08 Å². The van der Waals surface area contributed by atoms with E-state index in [0.29, 0.717) is 38.3 Å². The molecule has 0 amide bonds. The molecule has 0 radical (unpaired) electrons. The lowest BCUT2D eigenvalue weighted by atomic mass is 10.2. The number of fused-ring (bicyclic) bond motifs is 1. The molecule has 0 saturated heterocycles. The smallest absolute Gasteiger partial charge is 0.240 e. The minimum Gasteiger partial charge on any atom is -0.436 e. The first-order valence-electron chi connectivity index (χ1n) is 5.61. The van der Waals surface area contributed by atoms with Crippen molar-refractivity contribution in [3.05, 3.63) is 46.4 Å². The molecule has 0 aliphatic carbocycles. The van der Waals surface area contributed by atoms with Crippen LogP contribution in [0.1, 0.15) is 0 Å². The van der Waals surface area contributed by atoms with Gasteiger partial charge in [0.15, 0.2) is 5.58 Å². The number of isocyanates is 1. The van der Waals surface area contributed by atoms with Crippen LogP contribution in [0.4, 0.5) is 5.69 Å². The van der Waals surface area contributed by atoms with Crippen LogP contribution in [0, 0.1) is 0 Å². The molecule has 0 aliphatic heterocycles. The van der Waals surface area contributed by atoms with Crippen LogP contribution in [0.25, 0.3) is 22.6 Å². The number of rotatable bonds is 2. The summed E-state index contributed by atoms with van der Waals surface area (Å²) in [6.45, 7) is 0. The molecule has 0 atom stereocenters. The summed E-state index contributed by atoms with van der Waals surface area (Å²) in [6, 6.07) is 10.0. The Morgan fingerprint density at radius 1 is 1.15 bits per heavy atom. The standard InChI is InChI=1S/C14H6Cl2N2O2/c15-8-1-3-10(11(16)5-8)14-18-12-6-9(17-7-19)2-4-13(12)20-14/h1-6H.